The van der Waals surface area contributed by atoms with Gasteiger partial charge in [-0.3, -0.25) is 14.4 Å². The molecule has 0 aromatic heterocycles. The SMILES string of the molecule is CC1(C(=O)O)CCN(C(=O)C2CSC3(C)CCC(=O)N23)C1. The summed E-state index contributed by atoms with van der Waals surface area (Å²) in [5.41, 5.74) is -0.861. The van der Waals surface area contributed by atoms with E-state index in [4.69, 9.17) is 0 Å². The molecule has 7 heteroatoms. The lowest BCUT2D eigenvalue weighted by Gasteiger charge is -2.32. The van der Waals surface area contributed by atoms with Crippen molar-refractivity contribution in [2.45, 2.75) is 44.0 Å². The maximum atomic E-state index is 12.7. The van der Waals surface area contributed by atoms with Gasteiger partial charge < -0.3 is 14.9 Å². The fraction of sp³-hybridized carbons (Fsp3) is 0.786. The van der Waals surface area contributed by atoms with Crippen LogP contribution in [0.1, 0.15) is 33.1 Å². The molecule has 21 heavy (non-hydrogen) atoms. The Morgan fingerprint density at radius 3 is 2.67 bits per heavy atom. The second-order valence-corrected chi connectivity index (χ2v) is 8.14. The van der Waals surface area contributed by atoms with Crippen LogP contribution in [0.3, 0.4) is 0 Å². The number of hydrogen-bond donors (Lipinski definition) is 1. The highest BCUT2D eigenvalue weighted by atomic mass is 32.2. The Labute approximate surface area is 127 Å². The van der Waals surface area contributed by atoms with Crippen LogP contribution in [0.5, 0.6) is 0 Å². The van der Waals surface area contributed by atoms with Gasteiger partial charge in [0, 0.05) is 25.3 Å². The molecule has 3 unspecified atom stereocenters. The van der Waals surface area contributed by atoms with Gasteiger partial charge in [-0.15, -0.1) is 11.8 Å². The van der Waals surface area contributed by atoms with E-state index in [9.17, 15) is 19.5 Å². The number of rotatable bonds is 2. The normalized spacial score (nSPS) is 39.0. The molecule has 6 nitrogen and oxygen atoms in total. The molecule has 0 radical (unpaired) electrons. The number of aliphatic carboxylic acids is 1. The number of likely N-dealkylation sites (tertiary alicyclic amines) is 1. The molecule has 3 aliphatic heterocycles. The molecule has 0 aromatic rings. The van der Waals surface area contributed by atoms with Gasteiger partial charge in [0.2, 0.25) is 11.8 Å². The van der Waals surface area contributed by atoms with Crippen LogP contribution in [0.25, 0.3) is 0 Å². The lowest BCUT2D eigenvalue weighted by Crippen LogP contribution is -2.51. The molecule has 0 bridgehead atoms. The van der Waals surface area contributed by atoms with Gasteiger partial charge >= 0.3 is 5.97 Å². The van der Waals surface area contributed by atoms with Crippen molar-refractivity contribution < 1.29 is 19.5 Å². The fourth-order valence-electron chi connectivity index (χ4n) is 3.54. The van der Waals surface area contributed by atoms with Crippen molar-refractivity contribution in [1.29, 1.82) is 0 Å². The molecule has 0 saturated carbocycles. The highest BCUT2D eigenvalue weighted by Gasteiger charge is 2.54. The zero-order valence-corrected chi connectivity index (χ0v) is 13.1. The number of nitrogens with zero attached hydrogens (tertiary/aromatic N) is 2. The highest BCUT2D eigenvalue weighted by molar-refractivity contribution is 8.01. The second-order valence-electron chi connectivity index (χ2n) is 6.64. The standard InChI is InChI=1S/C14H20N2O4S/c1-13(12(19)20)5-6-15(8-13)11(18)9-7-21-14(2)4-3-10(17)16(9)14/h9H,3-8H2,1-2H3,(H,19,20). The van der Waals surface area contributed by atoms with Crippen molar-refractivity contribution in [3.63, 3.8) is 0 Å². The van der Waals surface area contributed by atoms with Gasteiger partial charge in [-0.2, -0.15) is 0 Å². The molecular formula is C14H20N2O4S. The van der Waals surface area contributed by atoms with Gasteiger partial charge in [0.05, 0.1) is 10.3 Å². The molecule has 3 saturated heterocycles. The molecule has 0 aliphatic carbocycles. The third-order valence-electron chi connectivity index (χ3n) is 5.03. The average molecular weight is 312 g/mol. The van der Waals surface area contributed by atoms with Crippen LogP contribution in [0, 0.1) is 5.41 Å². The van der Waals surface area contributed by atoms with Crippen LogP contribution in [0.15, 0.2) is 0 Å². The van der Waals surface area contributed by atoms with Crippen LogP contribution in [0.4, 0.5) is 0 Å². The Kier molecular flexibility index (Phi) is 3.24. The summed E-state index contributed by atoms with van der Waals surface area (Å²) in [6.07, 6.45) is 1.76. The second kappa shape index (κ2) is 4.63. The zero-order valence-electron chi connectivity index (χ0n) is 12.3. The van der Waals surface area contributed by atoms with Crippen LogP contribution in [0.2, 0.25) is 0 Å². The van der Waals surface area contributed by atoms with Gasteiger partial charge in [-0.05, 0) is 26.7 Å². The lowest BCUT2D eigenvalue weighted by molar-refractivity contribution is -0.148. The lowest BCUT2D eigenvalue weighted by atomic mass is 9.90. The van der Waals surface area contributed by atoms with Gasteiger partial charge in [0.15, 0.2) is 0 Å². The van der Waals surface area contributed by atoms with Crippen LogP contribution < -0.4 is 0 Å². The minimum atomic E-state index is -0.861. The van der Waals surface area contributed by atoms with Crippen LogP contribution in [-0.2, 0) is 14.4 Å². The minimum absolute atomic E-state index is 0.0426. The predicted octanol–water partition coefficient (Wildman–Crippen LogP) is 0.764. The van der Waals surface area contributed by atoms with E-state index in [1.54, 1.807) is 28.5 Å². The summed E-state index contributed by atoms with van der Waals surface area (Å²) in [6.45, 7) is 4.39. The van der Waals surface area contributed by atoms with Gasteiger partial charge in [0.1, 0.15) is 6.04 Å². The first-order chi connectivity index (χ1) is 9.77. The number of amides is 2. The molecule has 116 valence electrons. The largest absolute Gasteiger partial charge is 0.481 e. The fourth-order valence-corrected chi connectivity index (χ4v) is 4.96. The maximum Gasteiger partial charge on any atom is 0.311 e. The molecule has 3 heterocycles. The number of carboxylic acids is 1. The van der Waals surface area contributed by atoms with E-state index in [1.807, 2.05) is 6.92 Å². The Morgan fingerprint density at radius 2 is 2.05 bits per heavy atom. The number of hydrogen-bond acceptors (Lipinski definition) is 4. The number of fused-ring (bicyclic) bond motifs is 1. The summed E-state index contributed by atoms with van der Waals surface area (Å²) in [4.78, 5) is 39.2. The smallest absolute Gasteiger partial charge is 0.311 e. The summed E-state index contributed by atoms with van der Waals surface area (Å²) in [6, 6.07) is -0.425. The van der Waals surface area contributed by atoms with Gasteiger partial charge in [-0.25, -0.2) is 0 Å². The zero-order chi connectivity index (χ0) is 15.4. The van der Waals surface area contributed by atoms with E-state index in [0.717, 1.165) is 6.42 Å². The first-order valence-corrected chi connectivity index (χ1v) is 8.24. The minimum Gasteiger partial charge on any atom is -0.481 e. The Hall–Kier alpha value is -1.24. The number of thioether (sulfide) groups is 1. The summed E-state index contributed by atoms with van der Waals surface area (Å²) >= 11 is 1.66. The molecule has 3 fully saturated rings. The quantitative estimate of drug-likeness (QED) is 0.814. The third kappa shape index (κ3) is 2.13. The molecule has 0 spiro atoms. The number of carbonyl (C=O) groups is 3. The molecule has 2 amide bonds. The highest BCUT2D eigenvalue weighted by Crippen LogP contribution is 2.47. The van der Waals surface area contributed by atoms with Gasteiger partial charge in [0.25, 0.3) is 0 Å². The van der Waals surface area contributed by atoms with Crippen molar-refractivity contribution >= 4 is 29.5 Å². The summed E-state index contributed by atoms with van der Waals surface area (Å²) in [7, 11) is 0. The van der Waals surface area contributed by atoms with Crippen molar-refractivity contribution in [3.8, 4) is 0 Å². The van der Waals surface area contributed by atoms with E-state index < -0.39 is 17.4 Å². The number of carboxylic acid groups (broad SMARTS) is 1. The monoisotopic (exact) mass is 312 g/mol. The molecule has 3 rings (SSSR count). The first-order valence-electron chi connectivity index (χ1n) is 7.25. The summed E-state index contributed by atoms with van der Waals surface area (Å²) < 4.78 is 0. The van der Waals surface area contributed by atoms with Crippen molar-refractivity contribution in [2.24, 2.45) is 5.41 Å². The third-order valence-corrected chi connectivity index (χ3v) is 6.54. The molecule has 3 atom stereocenters. The molecule has 1 N–H and O–H groups in total. The van der Waals surface area contributed by atoms with E-state index in [2.05, 4.69) is 0 Å². The Balaban J connectivity index is 1.75. The molecule has 3 aliphatic rings. The van der Waals surface area contributed by atoms with Crippen molar-refractivity contribution in [1.82, 2.24) is 9.80 Å². The van der Waals surface area contributed by atoms with Crippen LogP contribution >= 0.6 is 11.8 Å². The maximum absolute atomic E-state index is 12.7. The Morgan fingerprint density at radius 1 is 1.33 bits per heavy atom. The van der Waals surface area contributed by atoms with Crippen LogP contribution in [-0.4, -0.2) is 62.4 Å². The molecule has 0 aromatic carbocycles. The average Bonchev–Trinajstić information content (AvgIpc) is 3.05. The van der Waals surface area contributed by atoms with Crippen molar-refractivity contribution in [3.05, 3.63) is 0 Å². The van der Waals surface area contributed by atoms with Crippen molar-refractivity contribution in [2.75, 3.05) is 18.8 Å². The van der Waals surface area contributed by atoms with E-state index in [-0.39, 0.29) is 23.2 Å². The Bertz CT molecular complexity index is 525. The number of carbonyl (C=O) groups excluding carboxylic acids is 2. The summed E-state index contributed by atoms with van der Waals surface area (Å²) in [5.74, 6) is -0.297. The van der Waals surface area contributed by atoms with E-state index in [0.29, 0.717) is 25.1 Å². The summed E-state index contributed by atoms with van der Waals surface area (Å²) in [5, 5.41) is 9.26. The van der Waals surface area contributed by atoms with E-state index in [1.165, 1.54) is 0 Å². The van der Waals surface area contributed by atoms with Gasteiger partial charge in [-0.1, -0.05) is 0 Å². The first kappa shape index (κ1) is 14.7. The van der Waals surface area contributed by atoms with E-state index >= 15 is 0 Å². The predicted molar refractivity (Wildman–Crippen MR) is 77.7 cm³/mol. The topological polar surface area (TPSA) is 77.9 Å². The molecular weight excluding hydrogens is 292 g/mol.